The maximum atomic E-state index is 13.1. The number of carbonyl (C=O) groups is 1. The molecular formula is C15H24F2O. The highest BCUT2D eigenvalue weighted by Crippen LogP contribution is 2.40. The molecule has 1 nitrogen and oxygen atoms in total. The SMILES string of the molecule is CCC1CCCC(C(=O)C2CCC(F)(F)CC2)C1. The fraction of sp³-hybridized carbons (Fsp3) is 0.933. The molecule has 0 bridgehead atoms. The first-order valence-corrected chi connectivity index (χ1v) is 7.43. The summed E-state index contributed by atoms with van der Waals surface area (Å²) in [4.78, 5) is 12.4. The second-order valence-electron chi connectivity index (χ2n) is 6.17. The minimum Gasteiger partial charge on any atom is -0.299 e. The number of hydrogen-bond donors (Lipinski definition) is 0. The van der Waals surface area contributed by atoms with Crippen LogP contribution in [-0.4, -0.2) is 11.7 Å². The first kappa shape index (κ1) is 14.0. The van der Waals surface area contributed by atoms with Gasteiger partial charge in [0.15, 0.2) is 0 Å². The zero-order valence-corrected chi connectivity index (χ0v) is 11.3. The van der Waals surface area contributed by atoms with E-state index in [1.165, 1.54) is 6.42 Å². The number of halogens is 2. The number of alkyl halides is 2. The van der Waals surface area contributed by atoms with Crippen molar-refractivity contribution in [3.8, 4) is 0 Å². The predicted molar refractivity (Wildman–Crippen MR) is 67.7 cm³/mol. The Kier molecular flexibility index (Phi) is 4.39. The van der Waals surface area contributed by atoms with E-state index in [-0.39, 0.29) is 24.7 Å². The quantitative estimate of drug-likeness (QED) is 0.723. The summed E-state index contributed by atoms with van der Waals surface area (Å²) in [5, 5.41) is 0. The lowest BCUT2D eigenvalue weighted by Gasteiger charge is -2.33. The molecule has 0 heterocycles. The average molecular weight is 258 g/mol. The zero-order chi connectivity index (χ0) is 13.2. The minimum absolute atomic E-state index is 0.0785. The van der Waals surface area contributed by atoms with Crippen molar-refractivity contribution < 1.29 is 13.6 Å². The fourth-order valence-electron chi connectivity index (χ4n) is 3.58. The fourth-order valence-corrected chi connectivity index (χ4v) is 3.58. The Labute approximate surface area is 108 Å². The van der Waals surface area contributed by atoms with Crippen LogP contribution in [-0.2, 0) is 4.79 Å². The largest absolute Gasteiger partial charge is 0.299 e. The Morgan fingerprint density at radius 3 is 2.39 bits per heavy atom. The summed E-state index contributed by atoms with van der Waals surface area (Å²) < 4.78 is 26.2. The van der Waals surface area contributed by atoms with Crippen molar-refractivity contribution in [2.45, 2.75) is 70.6 Å². The molecule has 2 aliphatic rings. The van der Waals surface area contributed by atoms with Crippen molar-refractivity contribution in [3.05, 3.63) is 0 Å². The molecule has 0 aromatic carbocycles. The van der Waals surface area contributed by atoms with Crippen LogP contribution in [0.1, 0.15) is 64.7 Å². The van der Waals surface area contributed by atoms with Gasteiger partial charge < -0.3 is 0 Å². The molecule has 0 aromatic rings. The van der Waals surface area contributed by atoms with Crippen molar-refractivity contribution >= 4 is 5.78 Å². The molecule has 0 aliphatic heterocycles. The summed E-state index contributed by atoms with van der Waals surface area (Å²) in [5.41, 5.74) is 0. The third-order valence-electron chi connectivity index (χ3n) is 4.88. The van der Waals surface area contributed by atoms with Gasteiger partial charge in [-0.15, -0.1) is 0 Å². The van der Waals surface area contributed by atoms with Crippen molar-refractivity contribution in [1.82, 2.24) is 0 Å². The smallest absolute Gasteiger partial charge is 0.248 e. The van der Waals surface area contributed by atoms with Gasteiger partial charge in [-0.3, -0.25) is 4.79 Å². The van der Waals surface area contributed by atoms with E-state index >= 15 is 0 Å². The topological polar surface area (TPSA) is 17.1 Å². The second-order valence-corrected chi connectivity index (χ2v) is 6.17. The van der Waals surface area contributed by atoms with Gasteiger partial charge in [-0.25, -0.2) is 8.78 Å². The zero-order valence-electron chi connectivity index (χ0n) is 11.3. The monoisotopic (exact) mass is 258 g/mol. The number of ketones is 1. The van der Waals surface area contributed by atoms with Crippen molar-refractivity contribution in [1.29, 1.82) is 0 Å². The van der Waals surface area contributed by atoms with Gasteiger partial charge in [-0.1, -0.05) is 26.2 Å². The Hall–Kier alpha value is -0.470. The molecule has 0 saturated heterocycles. The van der Waals surface area contributed by atoms with E-state index < -0.39 is 5.92 Å². The summed E-state index contributed by atoms with van der Waals surface area (Å²) in [6, 6.07) is 0. The Balaban J connectivity index is 1.87. The summed E-state index contributed by atoms with van der Waals surface area (Å²) in [7, 11) is 0. The molecular weight excluding hydrogens is 234 g/mol. The molecule has 104 valence electrons. The molecule has 2 saturated carbocycles. The lowest BCUT2D eigenvalue weighted by Crippen LogP contribution is -2.33. The van der Waals surface area contributed by atoms with Gasteiger partial charge in [-0.2, -0.15) is 0 Å². The minimum atomic E-state index is -2.52. The van der Waals surface area contributed by atoms with Gasteiger partial charge in [0.25, 0.3) is 0 Å². The lowest BCUT2D eigenvalue weighted by atomic mass is 9.72. The van der Waals surface area contributed by atoms with Gasteiger partial charge >= 0.3 is 0 Å². The second kappa shape index (κ2) is 5.66. The number of carbonyl (C=O) groups excluding carboxylic acids is 1. The van der Waals surface area contributed by atoms with Crippen molar-refractivity contribution in [2.75, 3.05) is 0 Å². The van der Waals surface area contributed by atoms with E-state index in [0.29, 0.717) is 24.5 Å². The lowest BCUT2D eigenvalue weighted by molar-refractivity contribution is -0.132. The van der Waals surface area contributed by atoms with Crippen LogP contribution in [0.3, 0.4) is 0 Å². The van der Waals surface area contributed by atoms with Crippen LogP contribution in [0.4, 0.5) is 8.78 Å². The van der Waals surface area contributed by atoms with Gasteiger partial charge in [0.2, 0.25) is 5.92 Å². The molecule has 0 amide bonds. The van der Waals surface area contributed by atoms with E-state index in [4.69, 9.17) is 0 Å². The van der Waals surface area contributed by atoms with Crippen LogP contribution in [0.15, 0.2) is 0 Å². The molecule has 2 unspecified atom stereocenters. The van der Waals surface area contributed by atoms with Gasteiger partial charge in [-0.05, 0) is 31.6 Å². The average Bonchev–Trinajstić information content (AvgIpc) is 2.38. The number of Topliss-reactive ketones (excluding diaryl/α,β-unsaturated/α-hetero) is 1. The normalized spacial score (nSPS) is 33.3. The molecule has 2 aliphatic carbocycles. The molecule has 2 atom stereocenters. The maximum absolute atomic E-state index is 13.1. The van der Waals surface area contributed by atoms with E-state index in [0.717, 1.165) is 25.7 Å². The van der Waals surface area contributed by atoms with E-state index in [1.54, 1.807) is 0 Å². The third-order valence-corrected chi connectivity index (χ3v) is 4.88. The van der Waals surface area contributed by atoms with E-state index in [9.17, 15) is 13.6 Å². The number of rotatable bonds is 3. The molecule has 0 aromatic heterocycles. The number of hydrogen-bond acceptors (Lipinski definition) is 1. The molecule has 2 rings (SSSR count). The molecule has 0 N–H and O–H groups in total. The predicted octanol–water partition coefficient (Wildman–Crippen LogP) is 4.60. The molecule has 3 heteroatoms. The van der Waals surface area contributed by atoms with Gasteiger partial charge in [0.1, 0.15) is 5.78 Å². The first-order chi connectivity index (χ1) is 8.52. The Morgan fingerprint density at radius 2 is 1.78 bits per heavy atom. The highest BCUT2D eigenvalue weighted by molar-refractivity contribution is 5.83. The van der Waals surface area contributed by atoms with Crippen LogP contribution >= 0.6 is 0 Å². The standard InChI is InChI=1S/C15H24F2O/c1-2-11-4-3-5-13(10-11)14(18)12-6-8-15(16,17)9-7-12/h11-13H,2-10H2,1H3. The molecule has 0 spiro atoms. The Bertz CT molecular complexity index is 291. The molecule has 2 fully saturated rings. The van der Waals surface area contributed by atoms with Crippen LogP contribution in [0.25, 0.3) is 0 Å². The van der Waals surface area contributed by atoms with Crippen LogP contribution in [0.5, 0.6) is 0 Å². The Morgan fingerprint density at radius 1 is 1.11 bits per heavy atom. The van der Waals surface area contributed by atoms with Crippen molar-refractivity contribution in [2.24, 2.45) is 17.8 Å². The van der Waals surface area contributed by atoms with Gasteiger partial charge in [0.05, 0.1) is 0 Å². The van der Waals surface area contributed by atoms with E-state index in [2.05, 4.69) is 6.92 Å². The van der Waals surface area contributed by atoms with E-state index in [1.807, 2.05) is 0 Å². The molecule has 0 radical (unpaired) electrons. The first-order valence-electron chi connectivity index (χ1n) is 7.43. The third kappa shape index (κ3) is 3.30. The summed E-state index contributed by atoms with van der Waals surface area (Å²) in [5.74, 6) is -1.46. The molecule has 18 heavy (non-hydrogen) atoms. The summed E-state index contributed by atoms with van der Waals surface area (Å²) in [6.07, 6.45) is 6.14. The van der Waals surface area contributed by atoms with Crippen LogP contribution < -0.4 is 0 Å². The van der Waals surface area contributed by atoms with Gasteiger partial charge in [0, 0.05) is 24.7 Å². The highest BCUT2D eigenvalue weighted by Gasteiger charge is 2.39. The summed E-state index contributed by atoms with van der Waals surface area (Å²) >= 11 is 0. The van der Waals surface area contributed by atoms with Crippen LogP contribution in [0.2, 0.25) is 0 Å². The maximum Gasteiger partial charge on any atom is 0.248 e. The highest BCUT2D eigenvalue weighted by atomic mass is 19.3. The van der Waals surface area contributed by atoms with Crippen LogP contribution in [0, 0.1) is 17.8 Å². The van der Waals surface area contributed by atoms with Crippen molar-refractivity contribution in [3.63, 3.8) is 0 Å². The summed E-state index contributed by atoms with van der Waals surface area (Å²) in [6.45, 7) is 2.18.